The average molecular weight is 293 g/mol. The van der Waals surface area contributed by atoms with Gasteiger partial charge in [-0.25, -0.2) is 9.18 Å². The molecule has 1 heterocycles. The van der Waals surface area contributed by atoms with Crippen molar-refractivity contribution >= 4 is 17.3 Å². The highest BCUT2D eigenvalue weighted by Crippen LogP contribution is 2.19. The summed E-state index contributed by atoms with van der Waals surface area (Å²) in [7, 11) is 1.24. The molecule has 20 heavy (non-hydrogen) atoms. The van der Waals surface area contributed by atoms with Gasteiger partial charge in [0, 0.05) is 17.5 Å². The Hall–Kier alpha value is -1.72. The zero-order valence-corrected chi connectivity index (χ0v) is 12.2. The van der Waals surface area contributed by atoms with Crippen LogP contribution in [0.1, 0.15) is 33.8 Å². The van der Waals surface area contributed by atoms with Crippen LogP contribution in [0.15, 0.2) is 35.7 Å². The van der Waals surface area contributed by atoms with Crippen molar-refractivity contribution in [3.8, 4) is 0 Å². The molecule has 1 aromatic heterocycles. The predicted octanol–water partition coefficient (Wildman–Crippen LogP) is 3.52. The van der Waals surface area contributed by atoms with E-state index in [1.54, 1.807) is 17.4 Å². The first-order valence-electron chi connectivity index (χ1n) is 6.25. The van der Waals surface area contributed by atoms with Crippen molar-refractivity contribution in [3.05, 3.63) is 57.5 Å². The number of thiophene rings is 1. The third-order valence-corrected chi connectivity index (χ3v) is 4.08. The van der Waals surface area contributed by atoms with E-state index in [9.17, 15) is 9.18 Å². The first-order chi connectivity index (χ1) is 9.61. The molecule has 0 aliphatic carbocycles. The number of esters is 1. The maximum absolute atomic E-state index is 13.8. The van der Waals surface area contributed by atoms with E-state index in [1.165, 1.54) is 24.1 Å². The summed E-state index contributed by atoms with van der Waals surface area (Å²) in [4.78, 5) is 12.5. The summed E-state index contributed by atoms with van der Waals surface area (Å²) in [6.45, 7) is 2.60. The zero-order chi connectivity index (χ0) is 14.5. The summed E-state index contributed by atoms with van der Waals surface area (Å²) in [5, 5.41) is 5.34. The molecule has 0 fully saturated rings. The predicted molar refractivity (Wildman–Crippen MR) is 77.3 cm³/mol. The number of carbonyl (C=O) groups is 1. The number of benzene rings is 1. The number of carbonyl (C=O) groups excluding carboxylic acids is 1. The Labute approximate surface area is 121 Å². The van der Waals surface area contributed by atoms with Gasteiger partial charge < -0.3 is 10.1 Å². The molecule has 0 amide bonds. The molecule has 0 spiro atoms. The Morgan fingerprint density at radius 3 is 2.85 bits per heavy atom. The number of hydrogen-bond donors (Lipinski definition) is 1. The Morgan fingerprint density at radius 2 is 2.25 bits per heavy atom. The molecule has 0 saturated carbocycles. The van der Waals surface area contributed by atoms with Crippen molar-refractivity contribution < 1.29 is 13.9 Å². The lowest BCUT2D eigenvalue weighted by atomic mass is 10.1. The maximum Gasteiger partial charge on any atom is 0.340 e. The van der Waals surface area contributed by atoms with E-state index in [4.69, 9.17) is 0 Å². The van der Waals surface area contributed by atoms with Crippen LogP contribution in [0.3, 0.4) is 0 Å². The Kier molecular flexibility index (Phi) is 4.87. The number of nitrogens with one attached hydrogen (secondary N) is 1. The Balaban J connectivity index is 2.00. The minimum Gasteiger partial charge on any atom is -0.465 e. The quantitative estimate of drug-likeness (QED) is 0.857. The molecule has 2 aromatic rings. The van der Waals surface area contributed by atoms with Crippen LogP contribution in [0.5, 0.6) is 0 Å². The molecule has 3 nitrogen and oxygen atoms in total. The summed E-state index contributed by atoms with van der Waals surface area (Å²) in [6, 6.07) is 8.81. The number of methoxy groups -OCH3 is 1. The van der Waals surface area contributed by atoms with Gasteiger partial charge in [-0.1, -0.05) is 12.1 Å². The van der Waals surface area contributed by atoms with E-state index < -0.39 is 11.8 Å². The van der Waals surface area contributed by atoms with Crippen LogP contribution in [0.25, 0.3) is 0 Å². The highest BCUT2D eigenvalue weighted by atomic mass is 32.1. The van der Waals surface area contributed by atoms with E-state index in [0.29, 0.717) is 6.54 Å². The van der Waals surface area contributed by atoms with Crippen molar-refractivity contribution in [1.82, 2.24) is 5.32 Å². The van der Waals surface area contributed by atoms with Gasteiger partial charge in [-0.3, -0.25) is 0 Å². The number of rotatable bonds is 5. The second-order valence-corrected chi connectivity index (χ2v) is 5.40. The van der Waals surface area contributed by atoms with Gasteiger partial charge in [-0.05, 0) is 36.1 Å². The fraction of sp³-hybridized carbons (Fsp3) is 0.267. The maximum atomic E-state index is 13.8. The van der Waals surface area contributed by atoms with Crippen LogP contribution in [0.2, 0.25) is 0 Å². The third kappa shape index (κ3) is 3.43. The zero-order valence-electron chi connectivity index (χ0n) is 11.4. The highest BCUT2D eigenvalue weighted by Gasteiger charge is 2.12. The van der Waals surface area contributed by atoms with Gasteiger partial charge in [-0.2, -0.15) is 0 Å². The summed E-state index contributed by atoms with van der Waals surface area (Å²) < 4.78 is 18.3. The molecule has 0 unspecified atom stereocenters. The van der Waals surface area contributed by atoms with Gasteiger partial charge in [0.05, 0.1) is 12.7 Å². The van der Waals surface area contributed by atoms with Crippen LogP contribution in [0.4, 0.5) is 4.39 Å². The van der Waals surface area contributed by atoms with Crippen LogP contribution in [-0.2, 0) is 11.3 Å². The van der Waals surface area contributed by atoms with Crippen molar-refractivity contribution in [2.24, 2.45) is 0 Å². The van der Waals surface area contributed by atoms with Crippen molar-refractivity contribution in [2.45, 2.75) is 19.5 Å². The van der Waals surface area contributed by atoms with E-state index >= 15 is 0 Å². The fourth-order valence-corrected chi connectivity index (χ4v) is 2.61. The minimum absolute atomic E-state index is 0.0393. The molecule has 1 aromatic carbocycles. The van der Waals surface area contributed by atoms with Gasteiger partial charge in [0.2, 0.25) is 0 Å². The molecular formula is C15H16FNO2S. The Morgan fingerprint density at radius 1 is 1.45 bits per heavy atom. The molecule has 1 N–H and O–H groups in total. The van der Waals surface area contributed by atoms with E-state index in [2.05, 4.69) is 23.0 Å². The third-order valence-electron chi connectivity index (χ3n) is 3.02. The van der Waals surface area contributed by atoms with E-state index in [1.807, 2.05) is 11.4 Å². The van der Waals surface area contributed by atoms with E-state index in [0.717, 1.165) is 5.56 Å². The largest absolute Gasteiger partial charge is 0.465 e. The lowest BCUT2D eigenvalue weighted by Crippen LogP contribution is -2.17. The van der Waals surface area contributed by atoms with Crippen molar-refractivity contribution in [1.29, 1.82) is 0 Å². The monoisotopic (exact) mass is 293 g/mol. The van der Waals surface area contributed by atoms with Crippen LogP contribution in [0, 0.1) is 5.82 Å². The lowest BCUT2D eigenvalue weighted by molar-refractivity contribution is 0.0595. The number of hydrogen-bond acceptors (Lipinski definition) is 4. The normalized spacial score (nSPS) is 12.2. The van der Waals surface area contributed by atoms with Crippen LogP contribution >= 0.6 is 11.3 Å². The molecule has 0 aliphatic rings. The summed E-state index contributed by atoms with van der Waals surface area (Å²) in [5.74, 6) is -1.21. The van der Waals surface area contributed by atoms with E-state index in [-0.39, 0.29) is 11.6 Å². The molecule has 0 saturated heterocycles. The van der Waals surface area contributed by atoms with Gasteiger partial charge in [0.25, 0.3) is 0 Å². The first-order valence-corrected chi connectivity index (χ1v) is 7.13. The molecule has 0 radical (unpaired) electrons. The lowest BCUT2D eigenvalue weighted by Gasteiger charge is -2.12. The molecule has 5 heteroatoms. The smallest absolute Gasteiger partial charge is 0.340 e. The second kappa shape index (κ2) is 6.63. The van der Waals surface area contributed by atoms with Gasteiger partial charge >= 0.3 is 5.97 Å². The molecule has 0 aliphatic heterocycles. The number of ether oxygens (including phenoxy) is 1. The summed E-state index contributed by atoms with van der Waals surface area (Å²) >= 11 is 1.68. The Bertz CT molecular complexity index is 584. The summed E-state index contributed by atoms with van der Waals surface area (Å²) in [6.07, 6.45) is 0. The molecule has 2 rings (SSSR count). The topological polar surface area (TPSA) is 38.3 Å². The second-order valence-electron chi connectivity index (χ2n) is 4.42. The van der Waals surface area contributed by atoms with Gasteiger partial charge in [-0.15, -0.1) is 11.3 Å². The van der Waals surface area contributed by atoms with Crippen LogP contribution in [-0.4, -0.2) is 13.1 Å². The fourth-order valence-electron chi connectivity index (χ4n) is 1.85. The standard InChI is InChI=1S/C15H16FNO2S/c1-10(14-4-3-7-20-14)17-9-11-5-6-12(13(16)8-11)15(18)19-2/h3-8,10,17H,9H2,1-2H3/t10-/m1/s1. The first kappa shape index (κ1) is 14.7. The van der Waals surface area contributed by atoms with Gasteiger partial charge in [0.15, 0.2) is 0 Å². The number of halogens is 1. The molecule has 0 bridgehead atoms. The summed E-state index contributed by atoms with van der Waals surface area (Å²) in [5.41, 5.74) is 0.751. The van der Waals surface area contributed by atoms with Crippen molar-refractivity contribution in [3.63, 3.8) is 0 Å². The SMILES string of the molecule is COC(=O)c1ccc(CN[C@H](C)c2cccs2)cc1F. The van der Waals surface area contributed by atoms with Gasteiger partial charge in [0.1, 0.15) is 5.82 Å². The minimum atomic E-state index is -0.658. The highest BCUT2D eigenvalue weighted by molar-refractivity contribution is 7.10. The molecule has 106 valence electrons. The molecule has 1 atom stereocenters. The molecular weight excluding hydrogens is 277 g/mol. The van der Waals surface area contributed by atoms with Crippen LogP contribution < -0.4 is 5.32 Å². The average Bonchev–Trinajstić information content (AvgIpc) is 2.98. The van der Waals surface area contributed by atoms with Crippen molar-refractivity contribution in [2.75, 3.05) is 7.11 Å².